The van der Waals surface area contributed by atoms with Gasteiger partial charge in [-0.25, -0.2) is 9.97 Å². The van der Waals surface area contributed by atoms with Crippen molar-refractivity contribution in [3.8, 4) is 29.0 Å². The second-order valence-electron chi connectivity index (χ2n) is 9.41. The molecule has 0 atom stereocenters. The zero-order valence-corrected chi connectivity index (χ0v) is 22.4. The Bertz CT molecular complexity index is 1660. The second-order valence-corrected chi connectivity index (χ2v) is 9.77. The van der Waals surface area contributed by atoms with Crippen LogP contribution in [0, 0.1) is 25.2 Å². The number of benzene rings is 2. The maximum absolute atomic E-state index is 14.0. The summed E-state index contributed by atoms with van der Waals surface area (Å²) in [6.07, 6.45) is -2.06. The van der Waals surface area contributed by atoms with Crippen LogP contribution in [-0.2, 0) is 12.7 Å². The van der Waals surface area contributed by atoms with Crippen molar-refractivity contribution in [3.63, 3.8) is 0 Å². The summed E-state index contributed by atoms with van der Waals surface area (Å²) in [7, 11) is 0. The molecule has 2 heterocycles. The molecule has 0 unspecified atom stereocenters. The van der Waals surface area contributed by atoms with Gasteiger partial charge in [-0.05, 0) is 66.3 Å². The number of aromatic nitrogens is 3. The number of hydrogen-bond acceptors (Lipinski definition) is 5. The summed E-state index contributed by atoms with van der Waals surface area (Å²) in [4.78, 5) is 21.4. The number of aryl methyl sites for hydroxylation is 2. The normalized spacial score (nSPS) is 11.5. The van der Waals surface area contributed by atoms with Crippen LogP contribution in [0.1, 0.15) is 53.1 Å². The minimum Gasteiger partial charge on any atom is -0.436 e. The number of alkyl halides is 3. The molecule has 0 radical (unpaired) electrons. The monoisotopic (exact) mass is 552 g/mol. The van der Waals surface area contributed by atoms with Crippen LogP contribution in [0.3, 0.4) is 0 Å². The molecule has 0 fully saturated rings. The van der Waals surface area contributed by atoms with E-state index < -0.39 is 22.9 Å². The number of pyridine rings is 1. The predicted molar refractivity (Wildman–Crippen MR) is 142 cm³/mol. The summed E-state index contributed by atoms with van der Waals surface area (Å²) in [5.74, 6) is 0.359. The van der Waals surface area contributed by atoms with Gasteiger partial charge in [-0.2, -0.15) is 18.4 Å². The number of nitriles is 1. The number of halogens is 4. The summed E-state index contributed by atoms with van der Waals surface area (Å²) >= 11 is 6.09. The lowest BCUT2D eigenvalue weighted by Gasteiger charge is -2.20. The first-order chi connectivity index (χ1) is 18.4. The van der Waals surface area contributed by atoms with E-state index >= 15 is 0 Å². The third-order valence-electron chi connectivity index (χ3n) is 6.30. The van der Waals surface area contributed by atoms with Crippen LogP contribution in [0.5, 0.6) is 11.6 Å². The number of nitrogens with zero attached hydrogens (tertiary/aromatic N) is 4. The van der Waals surface area contributed by atoms with Crippen molar-refractivity contribution >= 4 is 11.6 Å². The largest absolute Gasteiger partial charge is 0.436 e. The summed E-state index contributed by atoms with van der Waals surface area (Å²) in [6.45, 7) is 7.56. The lowest BCUT2D eigenvalue weighted by molar-refractivity contribution is -0.137. The lowest BCUT2D eigenvalue weighted by atomic mass is 9.96. The van der Waals surface area contributed by atoms with Gasteiger partial charge in [-0.15, -0.1) is 0 Å². The van der Waals surface area contributed by atoms with Gasteiger partial charge >= 0.3 is 6.18 Å². The average Bonchev–Trinajstić information content (AvgIpc) is 2.87. The molecule has 0 aliphatic carbocycles. The van der Waals surface area contributed by atoms with E-state index in [-0.39, 0.29) is 29.2 Å². The zero-order chi connectivity index (χ0) is 28.5. The van der Waals surface area contributed by atoms with Crippen LogP contribution in [0.15, 0.2) is 59.7 Å². The second kappa shape index (κ2) is 10.9. The maximum atomic E-state index is 14.0. The fraction of sp³-hybridized carbons (Fsp3) is 0.241. The molecule has 0 bridgehead atoms. The van der Waals surface area contributed by atoms with Crippen LogP contribution < -0.4 is 10.3 Å². The van der Waals surface area contributed by atoms with Gasteiger partial charge in [0, 0.05) is 12.4 Å². The lowest BCUT2D eigenvalue weighted by Crippen LogP contribution is -2.29. The molecular weight excluding hydrogens is 529 g/mol. The van der Waals surface area contributed by atoms with Crippen LogP contribution in [0.25, 0.3) is 11.3 Å². The third kappa shape index (κ3) is 5.81. The highest BCUT2D eigenvalue weighted by atomic mass is 35.5. The molecule has 2 aromatic carbocycles. The van der Waals surface area contributed by atoms with Crippen LogP contribution in [0.2, 0.25) is 5.15 Å². The zero-order valence-electron chi connectivity index (χ0n) is 21.6. The van der Waals surface area contributed by atoms with Gasteiger partial charge in [0.1, 0.15) is 17.4 Å². The highest BCUT2D eigenvalue weighted by Crippen LogP contribution is 2.38. The smallest absolute Gasteiger partial charge is 0.417 e. The Balaban J connectivity index is 1.95. The first-order valence-electron chi connectivity index (χ1n) is 12.0. The molecule has 0 saturated heterocycles. The molecule has 2 aromatic heterocycles. The molecule has 4 aromatic rings. The van der Waals surface area contributed by atoms with Gasteiger partial charge in [0.25, 0.3) is 11.4 Å². The Hall–Kier alpha value is -4.16. The molecule has 0 spiro atoms. The molecule has 200 valence electrons. The van der Waals surface area contributed by atoms with E-state index in [1.54, 1.807) is 18.2 Å². The van der Waals surface area contributed by atoms with Crippen molar-refractivity contribution in [2.24, 2.45) is 0 Å². The van der Waals surface area contributed by atoms with Gasteiger partial charge in [-0.3, -0.25) is 4.79 Å². The van der Waals surface area contributed by atoms with Gasteiger partial charge in [0.2, 0.25) is 0 Å². The van der Waals surface area contributed by atoms with Crippen LogP contribution >= 0.6 is 11.6 Å². The first kappa shape index (κ1) is 27.9. The predicted octanol–water partition coefficient (Wildman–Crippen LogP) is 7.43. The van der Waals surface area contributed by atoms with Crippen molar-refractivity contribution in [1.29, 1.82) is 5.26 Å². The number of ether oxygens (including phenoxy) is 1. The van der Waals surface area contributed by atoms with Gasteiger partial charge in [-0.1, -0.05) is 49.2 Å². The molecular formula is C29H24ClF3N4O2. The highest BCUT2D eigenvalue weighted by Gasteiger charge is 2.36. The summed E-state index contributed by atoms with van der Waals surface area (Å²) in [6, 6.07) is 12.8. The van der Waals surface area contributed by atoms with Crippen LogP contribution in [-0.4, -0.2) is 14.5 Å². The molecule has 0 amide bonds. The molecule has 4 rings (SSSR count). The SMILES string of the molecule is Cc1ccc(Cn2c(-c3ccc(Oc4nccnc4Cl)c(C(C)C)c3)cc(C(F)(F)F)c(C#N)c2=O)c(C)c1. The van der Waals surface area contributed by atoms with Crippen molar-refractivity contribution in [3.05, 3.63) is 104 Å². The molecule has 0 N–H and O–H groups in total. The topological polar surface area (TPSA) is 80.8 Å². The third-order valence-corrected chi connectivity index (χ3v) is 6.56. The first-order valence-corrected chi connectivity index (χ1v) is 12.4. The maximum Gasteiger partial charge on any atom is 0.417 e. The summed E-state index contributed by atoms with van der Waals surface area (Å²) in [5.41, 5.74) is 0.419. The van der Waals surface area contributed by atoms with E-state index in [1.165, 1.54) is 23.0 Å². The average molecular weight is 553 g/mol. The fourth-order valence-electron chi connectivity index (χ4n) is 4.30. The van der Waals surface area contributed by atoms with E-state index in [4.69, 9.17) is 16.3 Å². The fourth-order valence-corrected chi connectivity index (χ4v) is 4.44. The Kier molecular flexibility index (Phi) is 7.79. The van der Waals surface area contributed by atoms with E-state index in [0.717, 1.165) is 22.8 Å². The Morgan fingerprint density at radius 3 is 2.41 bits per heavy atom. The van der Waals surface area contributed by atoms with Gasteiger partial charge in [0.15, 0.2) is 5.15 Å². The highest BCUT2D eigenvalue weighted by molar-refractivity contribution is 6.30. The van der Waals surface area contributed by atoms with Crippen LogP contribution in [0.4, 0.5) is 13.2 Å². The minimum atomic E-state index is -4.90. The van der Waals surface area contributed by atoms with E-state index in [1.807, 2.05) is 45.9 Å². The summed E-state index contributed by atoms with van der Waals surface area (Å²) < 4.78 is 49.1. The van der Waals surface area contributed by atoms with E-state index in [9.17, 15) is 23.2 Å². The van der Waals surface area contributed by atoms with Crippen molar-refractivity contribution in [2.75, 3.05) is 0 Å². The van der Waals surface area contributed by atoms with Gasteiger partial charge < -0.3 is 9.30 Å². The molecule has 6 nitrogen and oxygen atoms in total. The molecule has 10 heteroatoms. The molecule has 39 heavy (non-hydrogen) atoms. The van der Waals surface area contributed by atoms with E-state index in [2.05, 4.69) is 9.97 Å². The van der Waals surface area contributed by atoms with Gasteiger partial charge in [0.05, 0.1) is 17.8 Å². The molecule has 0 aliphatic rings. The molecule has 0 aliphatic heterocycles. The van der Waals surface area contributed by atoms with Crippen molar-refractivity contribution in [2.45, 2.75) is 46.3 Å². The number of hydrogen-bond donors (Lipinski definition) is 0. The Labute approximate surface area is 228 Å². The standard InChI is InChI=1S/C29H24ClF3N4O2/c1-16(2)21-12-19(7-8-25(21)39-27-26(30)35-9-10-36-27)24-13-23(29(31,32)33)22(14-34)28(38)37(24)15-20-6-5-17(3)11-18(20)4/h5-13,16H,15H2,1-4H3. The van der Waals surface area contributed by atoms with E-state index in [0.29, 0.717) is 16.9 Å². The summed E-state index contributed by atoms with van der Waals surface area (Å²) in [5, 5.41) is 9.58. The van der Waals surface area contributed by atoms with Crippen molar-refractivity contribution < 1.29 is 17.9 Å². The Morgan fingerprint density at radius 1 is 1.08 bits per heavy atom. The quantitative estimate of drug-likeness (QED) is 0.248. The number of rotatable bonds is 6. The molecule has 0 saturated carbocycles. The minimum absolute atomic E-state index is 0.0163. The Morgan fingerprint density at radius 2 is 1.79 bits per heavy atom. The van der Waals surface area contributed by atoms with Crippen molar-refractivity contribution in [1.82, 2.24) is 14.5 Å².